The van der Waals surface area contributed by atoms with E-state index in [1.54, 1.807) is 24.3 Å². The molecule has 0 radical (unpaired) electrons. The predicted octanol–water partition coefficient (Wildman–Crippen LogP) is 5.05. The normalized spacial score (nSPS) is 11.6. The van der Waals surface area contributed by atoms with Crippen molar-refractivity contribution in [1.82, 2.24) is 0 Å². The first-order chi connectivity index (χ1) is 9.94. The second kappa shape index (κ2) is 7.68. The Morgan fingerprint density at radius 2 is 1.14 bits per heavy atom. The highest BCUT2D eigenvalue weighted by Crippen LogP contribution is 2.45. The molecule has 4 nitrogen and oxygen atoms in total. The fourth-order valence-corrected chi connectivity index (χ4v) is 2.74. The SMILES string of the molecule is O=P(O)(OCc1ccc(Br)cc1)OCc1ccc(Br)cc1. The van der Waals surface area contributed by atoms with Crippen LogP contribution in [0.15, 0.2) is 57.5 Å². The Hall–Kier alpha value is -0.490. The van der Waals surface area contributed by atoms with E-state index in [0.29, 0.717) is 0 Å². The number of hydrogen-bond acceptors (Lipinski definition) is 3. The van der Waals surface area contributed by atoms with Gasteiger partial charge in [0.2, 0.25) is 0 Å². The quantitative estimate of drug-likeness (QED) is 0.645. The van der Waals surface area contributed by atoms with E-state index in [1.807, 2.05) is 24.3 Å². The van der Waals surface area contributed by atoms with Crippen molar-refractivity contribution in [2.24, 2.45) is 0 Å². The molecule has 2 aromatic rings. The molecule has 0 fully saturated rings. The van der Waals surface area contributed by atoms with Crippen LogP contribution in [0.4, 0.5) is 0 Å². The van der Waals surface area contributed by atoms with Crippen LogP contribution in [0.25, 0.3) is 0 Å². The Balaban J connectivity index is 1.85. The van der Waals surface area contributed by atoms with Crippen LogP contribution < -0.4 is 0 Å². The molecule has 2 aromatic carbocycles. The van der Waals surface area contributed by atoms with Crippen molar-refractivity contribution in [3.05, 3.63) is 68.6 Å². The zero-order valence-corrected chi connectivity index (χ0v) is 15.0. The average Bonchev–Trinajstić information content (AvgIpc) is 2.46. The molecule has 0 unspecified atom stereocenters. The monoisotopic (exact) mass is 434 g/mol. The Morgan fingerprint density at radius 3 is 1.48 bits per heavy atom. The van der Waals surface area contributed by atoms with Gasteiger partial charge in [0.1, 0.15) is 0 Å². The molecule has 0 amide bonds. The number of halogens is 2. The molecule has 0 spiro atoms. The number of benzene rings is 2. The first-order valence-corrected chi connectivity index (χ1v) is 9.13. The van der Waals surface area contributed by atoms with Crippen molar-refractivity contribution in [1.29, 1.82) is 0 Å². The summed E-state index contributed by atoms with van der Waals surface area (Å²) < 4.78 is 23.6. The van der Waals surface area contributed by atoms with Gasteiger partial charge in [-0.3, -0.25) is 9.05 Å². The molecule has 1 N–H and O–H groups in total. The van der Waals surface area contributed by atoms with Crippen LogP contribution in [0, 0.1) is 0 Å². The summed E-state index contributed by atoms with van der Waals surface area (Å²) >= 11 is 6.64. The zero-order valence-electron chi connectivity index (χ0n) is 10.9. The Bertz CT molecular complexity index is 575. The molecule has 0 saturated heterocycles. The van der Waals surface area contributed by atoms with Crippen LogP contribution in [0.1, 0.15) is 11.1 Å². The minimum Gasteiger partial charge on any atom is -0.302 e. The first kappa shape index (κ1) is 16.9. The lowest BCUT2D eigenvalue weighted by Crippen LogP contribution is -1.96. The molecular weight excluding hydrogens is 423 g/mol. The first-order valence-electron chi connectivity index (χ1n) is 6.05. The van der Waals surface area contributed by atoms with Gasteiger partial charge < -0.3 is 4.89 Å². The van der Waals surface area contributed by atoms with Crippen molar-refractivity contribution in [3.8, 4) is 0 Å². The van der Waals surface area contributed by atoms with Gasteiger partial charge in [-0.1, -0.05) is 56.1 Å². The van der Waals surface area contributed by atoms with Crippen LogP contribution in [-0.2, 0) is 26.8 Å². The molecule has 0 aliphatic rings. The maximum Gasteiger partial charge on any atom is 0.472 e. The summed E-state index contributed by atoms with van der Waals surface area (Å²) in [4.78, 5) is 9.64. The highest BCUT2D eigenvalue weighted by molar-refractivity contribution is 9.10. The van der Waals surface area contributed by atoms with Gasteiger partial charge in [0.25, 0.3) is 0 Å². The van der Waals surface area contributed by atoms with Gasteiger partial charge >= 0.3 is 7.82 Å². The lowest BCUT2D eigenvalue weighted by Gasteiger charge is -2.12. The third-order valence-corrected chi connectivity index (χ3v) is 4.58. The number of phosphoric acid groups is 1. The molecule has 0 saturated carbocycles. The van der Waals surface area contributed by atoms with E-state index in [0.717, 1.165) is 20.1 Å². The summed E-state index contributed by atoms with van der Waals surface area (Å²) in [6.07, 6.45) is 0. The molecular formula is C14H13Br2O4P. The van der Waals surface area contributed by atoms with Gasteiger partial charge in [-0.15, -0.1) is 0 Å². The van der Waals surface area contributed by atoms with E-state index < -0.39 is 7.82 Å². The van der Waals surface area contributed by atoms with E-state index in [4.69, 9.17) is 9.05 Å². The van der Waals surface area contributed by atoms with Crippen LogP contribution in [-0.4, -0.2) is 4.89 Å². The van der Waals surface area contributed by atoms with Gasteiger partial charge in [0.15, 0.2) is 0 Å². The number of hydrogen-bond donors (Lipinski definition) is 1. The van der Waals surface area contributed by atoms with E-state index in [1.165, 1.54) is 0 Å². The standard InChI is InChI=1S/C14H13Br2O4P/c15-13-5-1-11(2-6-13)9-19-21(17,18)20-10-12-3-7-14(16)8-4-12/h1-8H,9-10H2,(H,17,18). The van der Waals surface area contributed by atoms with E-state index in [2.05, 4.69) is 31.9 Å². The zero-order chi connectivity index (χ0) is 15.3. The second-order valence-electron chi connectivity index (χ2n) is 4.27. The summed E-state index contributed by atoms with van der Waals surface area (Å²) in [5.74, 6) is 0. The molecule has 0 aliphatic heterocycles. The van der Waals surface area contributed by atoms with Crippen molar-refractivity contribution >= 4 is 39.7 Å². The largest absolute Gasteiger partial charge is 0.472 e. The fourth-order valence-electron chi connectivity index (χ4n) is 1.51. The summed E-state index contributed by atoms with van der Waals surface area (Å²) in [5, 5.41) is 0. The highest BCUT2D eigenvalue weighted by atomic mass is 79.9. The van der Waals surface area contributed by atoms with Gasteiger partial charge in [-0.25, -0.2) is 4.57 Å². The van der Waals surface area contributed by atoms with E-state index in [9.17, 15) is 9.46 Å². The van der Waals surface area contributed by atoms with Crippen molar-refractivity contribution in [2.75, 3.05) is 0 Å². The molecule has 2 rings (SSSR count). The highest BCUT2D eigenvalue weighted by Gasteiger charge is 2.21. The summed E-state index contributed by atoms with van der Waals surface area (Å²) in [5.41, 5.74) is 1.58. The van der Waals surface area contributed by atoms with Crippen LogP contribution in [0.5, 0.6) is 0 Å². The van der Waals surface area contributed by atoms with Crippen LogP contribution in [0.2, 0.25) is 0 Å². The van der Waals surface area contributed by atoms with E-state index in [-0.39, 0.29) is 13.2 Å². The third-order valence-electron chi connectivity index (χ3n) is 2.62. The topological polar surface area (TPSA) is 55.8 Å². The second-order valence-corrected chi connectivity index (χ2v) is 7.55. The Labute approximate surface area is 140 Å². The summed E-state index contributed by atoms with van der Waals surface area (Å²) in [6.45, 7) is 0.0305. The lowest BCUT2D eigenvalue weighted by atomic mass is 10.2. The molecule has 0 heterocycles. The minimum absolute atomic E-state index is 0.0153. The number of phosphoric ester groups is 1. The molecule has 0 aliphatic carbocycles. The predicted molar refractivity (Wildman–Crippen MR) is 87.7 cm³/mol. The Morgan fingerprint density at radius 1 is 0.810 bits per heavy atom. The maximum absolute atomic E-state index is 11.8. The van der Waals surface area contributed by atoms with Crippen LogP contribution >= 0.6 is 39.7 Å². The fraction of sp³-hybridized carbons (Fsp3) is 0.143. The molecule has 7 heteroatoms. The van der Waals surface area contributed by atoms with Gasteiger partial charge in [0.05, 0.1) is 13.2 Å². The van der Waals surface area contributed by atoms with Crippen LogP contribution in [0.3, 0.4) is 0 Å². The smallest absolute Gasteiger partial charge is 0.302 e. The van der Waals surface area contributed by atoms with Gasteiger partial charge in [-0.05, 0) is 35.4 Å². The van der Waals surface area contributed by atoms with E-state index >= 15 is 0 Å². The molecule has 112 valence electrons. The third kappa shape index (κ3) is 6.02. The van der Waals surface area contributed by atoms with Crippen molar-refractivity contribution < 1.29 is 18.5 Å². The lowest BCUT2D eigenvalue weighted by molar-refractivity contribution is 0.137. The molecule has 0 bridgehead atoms. The maximum atomic E-state index is 11.8. The molecule has 0 aromatic heterocycles. The van der Waals surface area contributed by atoms with Crippen molar-refractivity contribution in [2.45, 2.75) is 13.2 Å². The summed E-state index contributed by atoms with van der Waals surface area (Å²) in [7, 11) is -4.07. The number of rotatable bonds is 6. The van der Waals surface area contributed by atoms with Gasteiger partial charge in [-0.2, -0.15) is 0 Å². The molecule has 0 atom stereocenters. The average molecular weight is 436 g/mol. The van der Waals surface area contributed by atoms with Gasteiger partial charge in [0, 0.05) is 8.95 Å². The molecule has 21 heavy (non-hydrogen) atoms. The minimum atomic E-state index is -4.07. The Kier molecular flexibility index (Phi) is 6.17. The van der Waals surface area contributed by atoms with Crippen molar-refractivity contribution in [3.63, 3.8) is 0 Å². The summed E-state index contributed by atoms with van der Waals surface area (Å²) in [6, 6.07) is 14.6.